The van der Waals surface area contributed by atoms with Crippen LogP contribution in [0.4, 0.5) is 5.82 Å². The number of likely N-dealkylation sites (tertiary alicyclic amines) is 1. The van der Waals surface area contributed by atoms with Crippen LogP contribution in [0.5, 0.6) is 0 Å². The number of carbonyl (C=O) groups excluding carboxylic acids is 1. The molecule has 0 spiro atoms. The number of pyridine rings is 2. The van der Waals surface area contributed by atoms with Gasteiger partial charge in [-0.2, -0.15) is 5.10 Å². The van der Waals surface area contributed by atoms with Crippen LogP contribution >= 0.6 is 0 Å². The van der Waals surface area contributed by atoms with Crippen molar-refractivity contribution in [2.75, 3.05) is 18.4 Å². The fraction of sp³-hybridized carbons (Fsp3) is 0.417. The molecule has 0 unspecified atom stereocenters. The first-order valence-electron chi connectivity index (χ1n) is 11.0. The lowest BCUT2D eigenvalue weighted by molar-refractivity contribution is -0.131. The molecule has 3 aromatic heterocycles. The SMILES string of the molecule is Cc1cccc(CNc2cc(-c3cn(C)nc3[C@H]3CCN(C(=O)C4CC4)C3)ccn2)n1. The van der Waals surface area contributed by atoms with Gasteiger partial charge >= 0.3 is 0 Å². The summed E-state index contributed by atoms with van der Waals surface area (Å²) in [6.45, 7) is 4.23. The van der Waals surface area contributed by atoms with E-state index < -0.39 is 0 Å². The van der Waals surface area contributed by atoms with E-state index in [2.05, 4.69) is 27.5 Å². The zero-order chi connectivity index (χ0) is 21.4. The van der Waals surface area contributed by atoms with Gasteiger partial charge < -0.3 is 10.2 Å². The van der Waals surface area contributed by atoms with Crippen LogP contribution in [0.3, 0.4) is 0 Å². The van der Waals surface area contributed by atoms with Gasteiger partial charge in [-0.05, 0) is 56.0 Å². The van der Waals surface area contributed by atoms with Crippen molar-refractivity contribution in [1.82, 2.24) is 24.6 Å². The summed E-state index contributed by atoms with van der Waals surface area (Å²) in [7, 11) is 1.96. The van der Waals surface area contributed by atoms with Crippen LogP contribution in [0.1, 0.15) is 42.3 Å². The van der Waals surface area contributed by atoms with Gasteiger partial charge in [-0.25, -0.2) is 4.98 Å². The van der Waals surface area contributed by atoms with Gasteiger partial charge in [-0.3, -0.25) is 14.5 Å². The summed E-state index contributed by atoms with van der Waals surface area (Å²) in [5.74, 6) is 1.70. The van der Waals surface area contributed by atoms with E-state index in [-0.39, 0.29) is 11.8 Å². The first kappa shape index (κ1) is 19.7. The van der Waals surface area contributed by atoms with Crippen molar-refractivity contribution in [2.45, 2.75) is 38.6 Å². The normalized spacial score (nSPS) is 18.4. The molecule has 7 heteroatoms. The van der Waals surface area contributed by atoms with Gasteiger partial charge in [0.05, 0.1) is 17.9 Å². The number of hydrogen-bond acceptors (Lipinski definition) is 5. The Hall–Kier alpha value is -3.22. The molecule has 7 nitrogen and oxygen atoms in total. The topological polar surface area (TPSA) is 75.9 Å². The Morgan fingerprint density at radius 2 is 2.10 bits per heavy atom. The standard InChI is InChI=1S/C24H28N6O/c1-16-4-3-5-20(27-16)13-26-22-12-18(8-10-25-22)21-15-29(2)28-23(21)19-9-11-30(14-19)24(31)17-6-7-17/h3-5,8,10,12,15,17,19H,6-7,9,11,13-14H2,1-2H3,(H,25,26)/t19-/m0/s1. The zero-order valence-electron chi connectivity index (χ0n) is 18.1. The minimum absolute atomic E-state index is 0.277. The van der Waals surface area contributed by atoms with E-state index in [9.17, 15) is 4.79 Å². The summed E-state index contributed by atoms with van der Waals surface area (Å²) >= 11 is 0. The summed E-state index contributed by atoms with van der Waals surface area (Å²) in [5, 5.41) is 8.17. The van der Waals surface area contributed by atoms with Crippen LogP contribution in [0, 0.1) is 12.8 Å². The summed E-state index contributed by atoms with van der Waals surface area (Å²) in [5.41, 5.74) is 5.27. The quantitative estimate of drug-likeness (QED) is 0.665. The highest BCUT2D eigenvalue weighted by atomic mass is 16.2. The highest BCUT2D eigenvalue weighted by molar-refractivity contribution is 5.81. The maximum atomic E-state index is 12.5. The Kier molecular flexibility index (Phi) is 5.18. The van der Waals surface area contributed by atoms with Gasteiger partial charge in [0.25, 0.3) is 0 Å². The van der Waals surface area contributed by atoms with Gasteiger partial charge in [-0.1, -0.05) is 6.07 Å². The van der Waals surface area contributed by atoms with Crippen LogP contribution in [-0.2, 0) is 18.4 Å². The molecule has 2 aliphatic rings. The second-order valence-corrected chi connectivity index (χ2v) is 8.70. The Balaban J connectivity index is 1.34. The van der Waals surface area contributed by atoms with E-state index >= 15 is 0 Å². The average molecular weight is 417 g/mol. The largest absolute Gasteiger partial charge is 0.364 e. The number of anilines is 1. The molecule has 2 fully saturated rings. The molecule has 5 rings (SSSR count). The van der Waals surface area contributed by atoms with E-state index in [1.807, 2.05) is 54.0 Å². The molecule has 3 aromatic rings. The van der Waals surface area contributed by atoms with E-state index in [1.54, 1.807) is 0 Å². The van der Waals surface area contributed by atoms with E-state index in [4.69, 9.17) is 5.10 Å². The van der Waals surface area contributed by atoms with Crippen molar-refractivity contribution < 1.29 is 4.79 Å². The lowest BCUT2D eigenvalue weighted by Crippen LogP contribution is -2.29. The summed E-state index contributed by atoms with van der Waals surface area (Å²) in [6.07, 6.45) is 6.98. The molecule has 1 atom stereocenters. The molecular formula is C24H28N6O. The van der Waals surface area contributed by atoms with Crippen molar-refractivity contribution in [2.24, 2.45) is 13.0 Å². The molecule has 4 heterocycles. The molecule has 1 aliphatic heterocycles. The molecule has 1 saturated heterocycles. The maximum absolute atomic E-state index is 12.5. The zero-order valence-corrected chi connectivity index (χ0v) is 18.1. The Labute approximate surface area is 182 Å². The van der Waals surface area contributed by atoms with Crippen LogP contribution in [0.2, 0.25) is 0 Å². The number of rotatable bonds is 6. The molecule has 160 valence electrons. The van der Waals surface area contributed by atoms with Crippen LogP contribution < -0.4 is 5.32 Å². The van der Waals surface area contributed by atoms with E-state index in [0.29, 0.717) is 12.5 Å². The molecule has 31 heavy (non-hydrogen) atoms. The van der Waals surface area contributed by atoms with Crippen molar-refractivity contribution in [3.63, 3.8) is 0 Å². The molecule has 1 saturated carbocycles. The highest BCUT2D eigenvalue weighted by Crippen LogP contribution is 2.37. The number of aromatic nitrogens is 4. The molecule has 0 bridgehead atoms. The number of hydrogen-bond donors (Lipinski definition) is 1. The van der Waals surface area contributed by atoms with Crippen LogP contribution in [0.25, 0.3) is 11.1 Å². The number of nitrogens with zero attached hydrogens (tertiary/aromatic N) is 5. The predicted octanol–water partition coefficient (Wildman–Crippen LogP) is 3.52. The van der Waals surface area contributed by atoms with Crippen LogP contribution in [0.15, 0.2) is 42.7 Å². The second-order valence-electron chi connectivity index (χ2n) is 8.70. The fourth-order valence-electron chi connectivity index (χ4n) is 4.38. The maximum Gasteiger partial charge on any atom is 0.225 e. The minimum Gasteiger partial charge on any atom is -0.364 e. The van der Waals surface area contributed by atoms with Gasteiger partial charge in [0.15, 0.2) is 0 Å². The van der Waals surface area contributed by atoms with E-state index in [0.717, 1.165) is 66.4 Å². The average Bonchev–Trinajstić information content (AvgIpc) is 3.37. The van der Waals surface area contributed by atoms with Crippen molar-refractivity contribution in [1.29, 1.82) is 0 Å². The van der Waals surface area contributed by atoms with Gasteiger partial charge in [0.1, 0.15) is 5.82 Å². The molecule has 1 aliphatic carbocycles. The molecule has 1 N–H and O–H groups in total. The Morgan fingerprint density at radius 3 is 2.90 bits per heavy atom. The lowest BCUT2D eigenvalue weighted by atomic mass is 9.97. The fourth-order valence-corrected chi connectivity index (χ4v) is 4.38. The minimum atomic E-state index is 0.277. The number of carbonyl (C=O) groups is 1. The third-order valence-corrected chi connectivity index (χ3v) is 6.14. The monoisotopic (exact) mass is 416 g/mol. The van der Waals surface area contributed by atoms with Gasteiger partial charge in [0, 0.05) is 55.6 Å². The highest BCUT2D eigenvalue weighted by Gasteiger charge is 2.38. The summed E-state index contributed by atoms with van der Waals surface area (Å²) < 4.78 is 1.88. The summed E-state index contributed by atoms with van der Waals surface area (Å²) in [6, 6.07) is 10.1. The molecule has 1 amide bonds. The third-order valence-electron chi connectivity index (χ3n) is 6.14. The lowest BCUT2D eigenvalue weighted by Gasteiger charge is -2.16. The first-order chi connectivity index (χ1) is 15.1. The number of amides is 1. The molecule has 0 radical (unpaired) electrons. The summed E-state index contributed by atoms with van der Waals surface area (Å²) in [4.78, 5) is 23.5. The third kappa shape index (κ3) is 4.31. The smallest absolute Gasteiger partial charge is 0.225 e. The Bertz CT molecular complexity index is 1100. The van der Waals surface area contributed by atoms with Gasteiger partial charge in [-0.15, -0.1) is 0 Å². The first-order valence-corrected chi connectivity index (χ1v) is 11.0. The molecular weight excluding hydrogens is 388 g/mol. The molecule has 0 aromatic carbocycles. The predicted molar refractivity (Wildman–Crippen MR) is 119 cm³/mol. The Morgan fingerprint density at radius 1 is 1.23 bits per heavy atom. The second kappa shape index (κ2) is 8.13. The van der Waals surface area contributed by atoms with Crippen molar-refractivity contribution in [3.8, 4) is 11.1 Å². The van der Waals surface area contributed by atoms with Crippen molar-refractivity contribution in [3.05, 3.63) is 59.8 Å². The number of aryl methyl sites for hydroxylation is 2. The van der Waals surface area contributed by atoms with Gasteiger partial charge in [0.2, 0.25) is 5.91 Å². The number of nitrogens with one attached hydrogen (secondary N) is 1. The van der Waals surface area contributed by atoms with E-state index in [1.165, 1.54) is 0 Å². The van der Waals surface area contributed by atoms with Crippen molar-refractivity contribution >= 4 is 11.7 Å². The van der Waals surface area contributed by atoms with Crippen LogP contribution in [-0.4, -0.2) is 43.6 Å².